The molecule has 0 unspecified atom stereocenters. The molecule has 0 amide bonds. The maximum atomic E-state index is 12.6. The molecular formula is C23H26N2O7S. The fraction of sp³-hybridized carbons (Fsp3) is 0.304. The SMILES string of the molecule is Cc1cn(S(=O)(=O)COC(COCc2ccccc2)COCc2ccccc2)c(=O)[nH]c1=O. The van der Waals surface area contributed by atoms with Gasteiger partial charge in [0.1, 0.15) is 6.10 Å². The number of nitrogens with one attached hydrogen (secondary N) is 1. The minimum absolute atomic E-state index is 0.0821. The van der Waals surface area contributed by atoms with Crippen LogP contribution in [0.25, 0.3) is 0 Å². The van der Waals surface area contributed by atoms with E-state index in [4.69, 9.17) is 14.2 Å². The van der Waals surface area contributed by atoms with Crippen LogP contribution in [-0.2, 0) is 37.4 Å². The molecule has 0 aliphatic rings. The summed E-state index contributed by atoms with van der Waals surface area (Å²) in [4.78, 5) is 25.5. The highest BCUT2D eigenvalue weighted by atomic mass is 32.2. The molecule has 0 aliphatic carbocycles. The number of hydrogen-bond donors (Lipinski definition) is 1. The van der Waals surface area contributed by atoms with Crippen LogP contribution in [0.3, 0.4) is 0 Å². The molecule has 0 aliphatic heterocycles. The monoisotopic (exact) mass is 474 g/mol. The number of aromatic nitrogens is 2. The minimum atomic E-state index is -4.18. The molecule has 10 heteroatoms. The molecule has 1 heterocycles. The first kappa shape index (κ1) is 24.6. The van der Waals surface area contributed by atoms with E-state index in [9.17, 15) is 18.0 Å². The van der Waals surface area contributed by atoms with E-state index in [0.29, 0.717) is 17.2 Å². The van der Waals surface area contributed by atoms with Crippen LogP contribution >= 0.6 is 0 Å². The lowest BCUT2D eigenvalue weighted by Crippen LogP contribution is -2.38. The molecule has 0 saturated carbocycles. The standard InChI is InChI=1S/C23H26N2O7S/c1-18-12-25(23(27)24-22(18)26)33(28,29)17-32-21(15-30-13-19-8-4-2-5-9-19)16-31-14-20-10-6-3-7-11-20/h2-12,21H,13-17H2,1H3,(H,24,26,27). The van der Waals surface area contributed by atoms with Gasteiger partial charge in [0.15, 0.2) is 5.94 Å². The van der Waals surface area contributed by atoms with Gasteiger partial charge < -0.3 is 14.2 Å². The largest absolute Gasteiger partial charge is 0.374 e. The van der Waals surface area contributed by atoms with Crippen LogP contribution in [0.2, 0.25) is 0 Å². The summed E-state index contributed by atoms with van der Waals surface area (Å²) in [5.74, 6) is -0.785. The maximum absolute atomic E-state index is 12.6. The second-order valence-corrected chi connectivity index (χ2v) is 9.18. The summed E-state index contributed by atoms with van der Waals surface area (Å²) < 4.78 is 42.7. The summed E-state index contributed by atoms with van der Waals surface area (Å²) >= 11 is 0. The molecule has 0 bridgehead atoms. The molecule has 0 atom stereocenters. The molecule has 9 nitrogen and oxygen atoms in total. The Morgan fingerprint density at radius 3 is 1.91 bits per heavy atom. The zero-order valence-electron chi connectivity index (χ0n) is 18.2. The molecule has 33 heavy (non-hydrogen) atoms. The second kappa shape index (κ2) is 11.7. The van der Waals surface area contributed by atoms with E-state index in [1.54, 1.807) is 0 Å². The molecule has 1 N–H and O–H groups in total. The molecule has 0 saturated heterocycles. The van der Waals surface area contributed by atoms with Crippen LogP contribution in [-0.4, -0.2) is 42.6 Å². The highest BCUT2D eigenvalue weighted by Gasteiger charge is 2.20. The third-order valence-corrected chi connectivity index (χ3v) is 5.98. The summed E-state index contributed by atoms with van der Waals surface area (Å²) in [5.41, 5.74) is 0.320. The fourth-order valence-electron chi connectivity index (χ4n) is 2.90. The van der Waals surface area contributed by atoms with Gasteiger partial charge >= 0.3 is 5.69 Å². The van der Waals surface area contributed by atoms with Crippen molar-refractivity contribution in [2.24, 2.45) is 0 Å². The highest BCUT2D eigenvalue weighted by molar-refractivity contribution is 7.89. The van der Waals surface area contributed by atoms with Crippen molar-refractivity contribution in [3.63, 3.8) is 0 Å². The molecule has 1 aromatic heterocycles. The van der Waals surface area contributed by atoms with Crippen molar-refractivity contribution in [3.05, 3.63) is 104 Å². The topological polar surface area (TPSA) is 117 Å². The predicted molar refractivity (Wildman–Crippen MR) is 122 cm³/mol. The Labute approximate surface area is 191 Å². The number of hydrogen-bond acceptors (Lipinski definition) is 7. The molecule has 0 radical (unpaired) electrons. The first-order valence-electron chi connectivity index (χ1n) is 10.3. The number of nitrogens with zero attached hydrogens (tertiary/aromatic N) is 1. The third kappa shape index (κ3) is 7.50. The molecule has 0 spiro atoms. The van der Waals surface area contributed by atoms with E-state index in [1.165, 1.54) is 6.92 Å². The summed E-state index contributed by atoms with van der Waals surface area (Å²) in [6.07, 6.45) is 0.277. The van der Waals surface area contributed by atoms with Crippen molar-refractivity contribution in [1.82, 2.24) is 8.96 Å². The number of rotatable bonds is 12. The Bertz CT molecular complexity index is 1190. The van der Waals surface area contributed by atoms with Crippen molar-refractivity contribution in [2.75, 3.05) is 19.2 Å². The molecule has 0 fully saturated rings. The number of aromatic amines is 1. The van der Waals surface area contributed by atoms with E-state index in [-0.39, 0.29) is 18.8 Å². The van der Waals surface area contributed by atoms with Gasteiger partial charge in [-0.05, 0) is 18.1 Å². The Morgan fingerprint density at radius 1 is 0.879 bits per heavy atom. The summed E-state index contributed by atoms with van der Waals surface area (Å²) in [6.45, 7) is 2.22. The number of ether oxygens (including phenoxy) is 3. The van der Waals surface area contributed by atoms with E-state index in [1.807, 2.05) is 65.6 Å². The van der Waals surface area contributed by atoms with Crippen molar-refractivity contribution in [1.29, 1.82) is 0 Å². The van der Waals surface area contributed by atoms with Crippen LogP contribution in [0.1, 0.15) is 16.7 Å². The molecule has 176 valence electrons. The average molecular weight is 475 g/mol. The number of aryl methyl sites for hydroxylation is 1. The zero-order chi connectivity index (χ0) is 23.7. The van der Waals surface area contributed by atoms with Crippen molar-refractivity contribution < 1.29 is 22.6 Å². The minimum Gasteiger partial charge on any atom is -0.374 e. The van der Waals surface area contributed by atoms with Crippen LogP contribution < -0.4 is 11.2 Å². The van der Waals surface area contributed by atoms with Crippen molar-refractivity contribution in [2.45, 2.75) is 26.2 Å². The van der Waals surface area contributed by atoms with Gasteiger partial charge in [-0.3, -0.25) is 9.78 Å². The molecule has 2 aromatic carbocycles. The third-order valence-electron chi connectivity index (χ3n) is 4.67. The van der Waals surface area contributed by atoms with Crippen molar-refractivity contribution >= 4 is 10.0 Å². The van der Waals surface area contributed by atoms with E-state index >= 15 is 0 Å². The fourth-order valence-corrected chi connectivity index (χ4v) is 3.99. The summed E-state index contributed by atoms with van der Waals surface area (Å²) in [7, 11) is -4.18. The first-order chi connectivity index (χ1) is 15.8. The smallest absolute Gasteiger partial charge is 0.342 e. The van der Waals surface area contributed by atoms with E-state index in [2.05, 4.69) is 0 Å². The maximum Gasteiger partial charge on any atom is 0.342 e. The predicted octanol–water partition coefficient (Wildman–Crippen LogP) is 1.80. The van der Waals surface area contributed by atoms with Crippen LogP contribution in [0.15, 0.2) is 76.4 Å². The van der Waals surface area contributed by atoms with Crippen LogP contribution in [0.4, 0.5) is 0 Å². The lowest BCUT2D eigenvalue weighted by Gasteiger charge is -2.19. The Kier molecular flexibility index (Phi) is 8.72. The van der Waals surface area contributed by atoms with Gasteiger partial charge in [0, 0.05) is 11.8 Å². The first-order valence-corrected chi connectivity index (χ1v) is 11.9. The lowest BCUT2D eigenvalue weighted by molar-refractivity contribution is -0.0542. The number of benzene rings is 2. The van der Waals surface area contributed by atoms with E-state index < -0.39 is 33.3 Å². The Balaban J connectivity index is 1.63. The van der Waals surface area contributed by atoms with Gasteiger partial charge in [-0.2, -0.15) is 3.97 Å². The van der Waals surface area contributed by atoms with Gasteiger partial charge in [0.25, 0.3) is 15.6 Å². The summed E-state index contributed by atoms with van der Waals surface area (Å²) in [5, 5.41) is 0. The van der Waals surface area contributed by atoms with Crippen molar-refractivity contribution in [3.8, 4) is 0 Å². The normalized spacial score (nSPS) is 11.7. The van der Waals surface area contributed by atoms with Crippen LogP contribution in [0.5, 0.6) is 0 Å². The lowest BCUT2D eigenvalue weighted by atomic mass is 10.2. The Hall–Kier alpha value is -3.05. The van der Waals surface area contributed by atoms with Gasteiger partial charge in [-0.25, -0.2) is 13.2 Å². The highest BCUT2D eigenvalue weighted by Crippen LogP contribution is 2.07. The van der Waals surface area contributed by atoms with Crippen LogP contribution in [0, 0.1) is 6.92 Å². The average Bonchev–Trinajstić information content (AvgIpc) is 2.81. The van der Waals surface area contributed by atoms with Gasteiger partial charge in [0.2, 0.25) is 0 Å². The zero-order valence-corrected chi connectivity index (χ0v) is 19.0. The quantitative estimate of drug-likeness (QED) is 0.425. The van der Waals surface area contributed by atoms with Gasteiger partial charge in [0.05, 0.1) is 26.4 Å². The second-order valence-electron chi connectivity index (χ2n) is 7.39. The molecule has 3 rings (SSSR count). The molecule has 3 aromatic rings. The summed E-state index contributed by atoms with van der Waals surface area (Å²) in [6, 6.07) is 19.0. The molecular weight excluding hydrogens is 448 g/mol. The van der Waals surface area contributed by atoms with Gasteiger partial charge in [-0.15, -0.1) is 0 Å². The Morgan fingerprint density at radius 2 is 1.39 bits per heavy atom. The van der Waals surface area contributed by atoms with Gasteiger partial charge in [-0.1, -0.05) is 60.7 Å². The van der Waals surface area contributed by atoms with E-state index in [0.717, 1.165) is 17.3 Å². The number of H-pyrrole nitrogens is 1.